The normalized spacial score (nSPS) is 22.5. The Bertz CT molecular complexity index is 483. The van der Waals surface area contributed by atoms with Gasteiger partial charge in [0.2, 0.25) is 5.91 Å². The molecule has 0 radical (unpaired) electrons. The van der Waals surface area contributed by atoms with Crippen LogP contribution in [0.2, 0.25) is 0 Å². The van der Waals surface area contributed by atoms with E-state index in [9.17, 15) is 9.59 Å². The SMILES string of the molecule is O=C(C=Cc1ccccc1)NC1COCC1C(=O)O. The first-order valence-electron chi connectivity index (χ1n) is 6.01. The molecule has 100 valence electrons. The molecule has 2 N–H and O–H groups in total. The third-order valence-corrected chi connectivity index (χ3v) is 2.95. The first-order chi connectivity index (χ1) is 9.16. The Kier molecular flexibility index (Phi) is 4.30. The van der Waals surface area contributed by atoms with Crippen LogP contribution in [0.25, 0.3) is 6.08 Å². The molecule has 1 aliphatic heterocycles. The molecule has 2 unspecified atom stereocenters. The van der Waals surface area contributed by atoms with Gasteiger partial charge in [-0.2, -0.15) is 0 Å². The highest BCUT2D eigenvalue weighted by Gasteiger charge is 2.34. The van der Waals surface area contributed by atoms with Crippen LogP contribution in [0.4, 0.5) is 0 Å². The summed E-state index contributed by atoms with van der Waals surface area (Å²) in [6.45, 7) is 0.380. The van der Waals surface area contributed by atoms with Crippen molar-refractivity contribution < 1.29 is 19.4 Å². The summed E-state index contributed by atoms with van der Waals surface area (Å²) >= 11 is 0. The molecule has 1 fully saturated rings. The average molecular weight is 261 g/mol. The number of carboxylic acids is 1. The second kappa shape index (κ2) is 6.15. The van der Waals surface area contributed by atoms with E-state index in [1.807, 2.05) is 30.3 Å². The molecule has 1 aromatic carbocycles. The summed E-state index contributed by atoms with van der Waals surface area (Å²) < 4.78 is 5.08. The van der Waals surface area contributed by atoms with Gasteiger partial charge >= 0.3 is 5.97 Å². The summed E-state index contributed by atoms with van der Waals surface area (Å²) in [5, 5.41) is 11.6. The predicted octanol–water partition coefficient (Wildman–Crippen LogP) is 0.916. The number of hydrogen-bond donors (Lipinski definition) is 2. The summed E-state index contributed by atoms with van der Waals surface area (Å²) in [7, 11) is 0. The van der Waals surface area contributed by atoms with Gasteiger partial charge in [0.25, 0.3) is 0 Å². The van der Waals surface area contributed by atoms with Gasteiger partial charge in [0.05, 0.1) is 19.3 Å². The van der Waals surface area contributed by atoms with Crippen molar-refractivity contribution in [2.45, 2.75) is 6.04 Å². The Labute approximate surface area is 110 Å². The summed E-state index contributed by atoms with van der Waals surface area (Å²) in [5.41, 5.74) is 0.912. The summed E-state index contributed by atoms with van der Waals surface area (Å²) in [4.78, 5) is 22.6. The van der Waals surface area contributed by atoms with Crippen LogP contribution in [-0.4, -0.2) is 36.2 Å². The van der Waals surface area contributed by atoms with Crippen molar-refractivity contribution in [2.75, 3.05) is 13.2 Å². The fourth-order valence-corrected chi connectivity index (χ4v) is 1.91. The third kappa shape index (κ3) is 3.66. The molecule has 0 bridgehead atoms. The third-order valence-electron chi connectivity index (χ3n) is 2.95. The standard InChI is InChI=1S/C14H15NO4/c16-13(7-6-10-4-2-1-3-5-10)15-12-9-19-8-11(12)14(17)18/h1-7,11-12H,8-9H2,(H,15,16)(H,17,18). The Balaban J connectivity index is 1.91. The molecule has 0 saturated carbocycles. The highest BCUT2D eigenvalue weighted by Crippen LogP contribution is 2.13. The van der Waals surface area contributed by atoms with E-state index in [0.717, 1.165) is 5.56 Å². The Morgan fingerprint density at radius 3 is 2.68 bits per heavy atom. The number of rotatable bonds is 4. The van der Waals surface area contributed by atoms with Gasteiger partial charge in [-0.1, -0.05) is 30.3 Å². The lowest BCUT2D eigenvalue weighted by Gasteiger charge is -2.13. The molecule has 19 heavy (non-hydrogen) atoms. The summed E-state index contributed by atoms with van der Waals surface area (Å²) in [5.74, 6) is -1.94. The van der Waals surface area contributed by atoms with E-state index in [2.05, 4.69) is 5.32 Å². The number of ether oxygens (including phenoxy) is 1. The molecule has 0 aromatic heterocycles. The van der Waals surface area contributed by atoms with Crippen LogP contribution in [0.3, 0.4) is 0 Å². The summed E-state index contributed by atoms with van der Waals surface area (Å²) in [6.07, 6.45) is 3.08. The first kappa shape index (κ1) is 13.3. The second-order valence-electron chi connectivity index (χ2n) is 4.34. The molecule has 5 nitrogen and oxygen atoms in total. The fraction of sp³-hybridized carbons (Fsp3) is 0.286. The highest BCUT2D eigenvalue weighted by atomic mass is 16.5. The topological polar surface area (TPSA) is 75.6 Å². The van der Waals surface area contributed by atoms with Crippen molar-refractivity contribution in [3.05, 3.63) is 42.0 Å². The van der Waals surface area contributed by atoms with Gasteiger partial charge in [0.1, 0.15) is 5.92 Å². The number of amides is 1. The lowest BCUT2D eigenvalue weighted by molar-refractivity contribution is -0.142. The van der Waals surface area contributed by atoms with E-state index in [-0.39, 0.29) is 19.1 Å². The molecule has 2 rings (SSSR count). The van der Waals surface area contributed by atoms with Gasteiger partial charge < -0.3 is 15.2 Å². The van der Waals surface area contributed by atoms with E-state index >= 15 is 0 Å². The van der Waals surface area contributed by atoms with E-state index in [0.29, 0.717) is 0 Å². The minimum absolute atomic E-state index is 0.142. The van der Waals surface area contributed by atoms with Crippen LogP contribution in [0.5, 0.6) is 0 Å². The molecule has 1 aliphatic rings. The Hall–Kier alpha value is -2.14. The number of hydrogen-bond acceptors (Lipinski definition) is 3. The Morgan fingerprint density at radius 2 is 2.00 bits per heavy atom. The maximum Gasteiger partial charge on any atom is 0.311 e. The molecule has 1 amide bonds. The maximum absolute atomic E-state index is 11.7. The van der Waals surface area contributed by atoms with Gasteiger partial charge in [-0.3, -0.25) is 9.59 Å². The molecule has 5 heteroatoms. The van der Waals surface area contributed by atoms with Crippen molar-refractivity contribution in [1.82, 2.24) is 5.32 Å². The number of nitrogens with one attached hydrogen (secondary N) is 1. The van der Waals surface area contributed by atoms with E-state index in [1.54, 1.807) is 6.08 Å². The van der Waals surface area contributed by atoms with Crippen molar-refractivity contribution in [1.29, 1.82) is 0 Å². The van der Waals surface area contributed by atoms with Crippen molar-refractivity contribution in [3.63, 3.8) is 0 Å². The number of carbonyl (C=O) groups excluding carboxylic acids is 1. The lowest BCUT2D eigenvalue weighted by atomic mass is 10.0. The zero-order chi connectivity index (χ0) is 13.7. The van der Waals surface area contributed by atoms with E-state index in [1.165, 1.54) is 6.08 Å². The van der Waals surface area contributed by atoms with Gasteiger partial charge in [-0.05, 0) is 11.6 Å². The predicted molar refractivity (Wildman–Crippen MR) is 69.4 cm³/mol. The van der Waals surface area contributed by atoms with Crippen LogP contribution in [-0.2, 0) is 14.3 Å². The van der Waals surface area contributed by atoms with Crippen molar-refractivity contribution in [3.8, 4) is 0 Å². The smallest absolute Gasteiger partial charge is 0.311 e. The minimum Gasteiger partial charge on any atom is -0.481 e. The molecule has 0 spiro atoms. The van der Waals surface area contributed by atoms with Gasteiger partial charge in [-0.15, -0.1) is 0 Å². The van der Waals surface area contributed by atoms with Crippen molar-refractivity contribution >= 4 is 18.0 Å². The van der Waals surface area contributed by atoms with Gasteiger partial charge in [-0.25, -0.2) is 0 Å². The van der Waals surface area contributed by atoms with Crippen LogP contribution < -0.4 is 5.32 Å². The molecule has 1 saturated heterocycles. The molecule has 2 atom stereocenters. The van der Waals surface area contributed by atoms with Crippen LogP contribution in [0.1, 0.15) is 5.56 Å². The van der Waals surface area contributed by atoms with Crippen LogP contribution in [0.15, 0.2) is 36.4 Å². The maximum atomic E-state index is 11.7. The van der Waals surface area contributed by atoms with E-state index < -0.39 is 17.9 Å². The lowest BCUT2D eigenvalue weighted by Crippen LogP contribution is -2.41. The molecular weight excluding hydrogens is 246 g/mol. The monoisotopic (exact) mass is 261 g/mol. The average Bonchev–Trinajstić information content (AvgIpc) is 2.86. The van der Waals surface area contributed by atoms with E-state index in [4.69, 9.17) is 9.84 Å². The van der Waals surface area contributed by atoms with Crippen LogP contribution in [0, 0.1) is 5.92 Å². The van der Waals surface area contributed by atoms with Gasteiger partial charge in [0.15, 0.2) is 0 Å². The zero-order valence-corrected chi connectivity index (χ0v) is 10.3. The number of carboxylic acid groups (broad SMARTS) is 1. The number of carbonyl (C=O) groups is 2. The Morgan fingerprint density at radius 1 is 1.26 bits per heavy atom. The van der Waals surface area contributed by atoms with Crippen molar-refractivity contribution in [2.24, 2.45) is 5.92 Å². The minimum atomic E-state index is -0.949. The first-order valence-corrected chi connectivity index (χ1v) is 6.01. The number of aliphatic carboxylic acids is 1. The molecule has 0 aliphatic carbocycles. The van der Waals surface area contributed by atoms with Crippen LogP contribution >= 0.6 is 0 Å². The second-order valence-corrected chi connectivity index (χ2v) is 4.34. The number of benzene rings is 1. The zero-order valence-electron chi connectivity index (χ0n) is 10.3. The fourth-order valence-electron chi connectivity index (χ4n) is 1.91. The molecule has 1 aromatic rings. The largest absolute Gasteiger partial charge is 0.481 e. The molecular formula is C14H15NO4. The summed E-state index contributed by atoms with van der Waals surface area (Å²) in [6, 6.07) is 8.94. The molecule has 1 heterocycles. The quantitative estimate of drug-likeness (QED) is 0.790. The highest BCUT2D eigenvalue weighted by molar-refractivity contribution is 5.92. The van der Waals surface area contributed by atoms with Gasteiger partial charge in [0, 0.05) is 6.08 Å².